The summed E-state index contributed by atoms with van der Waals surface area (Å²) in [7, 11) is 0. The Balaban J connectivity index is 1.51. The SMILES string of the molecule is CC(C)c1ccc(CCNc2c(NCCc3ccco3)c(=O)c2=O)cc1. The normalized spacial score (nSPS) is 11.2. The van der Waals surface area contributed by atoms with Gasteiger partial charge in [-0.15, -0.1) is 0 Å². The zero-order valence-corrected chi connectivity index (χ0v) is 15.2. The summed E-state index contributed by atoms with van der Waals surface area (Å²) in [6.45, 7) is 5.49. The monoisotopic (exact) mass is 352 g/mol. The lowest BCUT2D eigenvalue weighted by molar-refractivity contribution is 0.513. The maximum Gasteiger partial charge on any atom is 0.253 e. The summed E-state index contributed by atoms with van der Waals surface area (Å²) in [5.74, 6) is 1.36. The van der Waals surface area contributed by atoms with Crippen molar-refractivity contribution in [2.75, 3.05) is 23.7 Å². The topological polar surface area (TPSA) is 71.3 Å². The number of benzene rings is 1. The Morgan fingerprint density at radius 1 is 0.885 bits per heavy atom. The van der Waals surface area contributed by atoms with Crippen LogP contribution in [-0.2, 0) is 12.8 Å². The predicted molar refractivity (Wildman–Crippen MR) is 105 cm³/mol. The second-order valence-corrected chi connectivity index (χ2v) is 6.74. The molecule has 3 rings (SSSR count). The van der Waals surface area contributed by atoms with Gasteiger partial charge in [-0.25, -0.2) is 0 Å². The van der Waals surface area contributed by atoms with E-state index in [9.17, 15) is 9.59 Å². The van der Waals surface area contributed by atoms with Gasteiger partial charge < -0.3 is 15.1 Å². The molecule has 0 aliphatic carbocycles. The standard InChI is InChI=1S/C21H24N2O3/c1-14(2)16-7-5-15(6-8-16)9-11-22-18-19(21(25)20(18)24)23-12-10-17-4-3-13-26-17/h3-8,13-14,22-23H,9-12H2,1-2H3. The molecular formula is C21H24N2O3. The number of hydrogen-bond donors (Lipinski definition) is 2. The maximum absolute atomic E-state index is 11.8. The van der Waals surface area contributed by atoms with E-state index in [1.165, 1.54) is 11.1 Å². The molecule has 1 aromatic heterocycles. The third kappa shape index (κ3) is 4.04. The van der Waals surface area contributed by atoms with E-state index in [-0.39, 0.29) is 0 Å². The molecule has 26 heavy (non-hydrogen) atoms. The van der Waals surface area contributed by atoms with E-state index < -0.39 is 10.9 Å². The van der Waals surface area contributed by atoms with Gasteiger partial charge in [-0.1, -0.05) is 38.1 Å². The molecule has 0 atom stereocenters. The highest BCUT2D eigenvalue weighted by Gasteiger charge is 2.20. The minimum atomic E-state index is -0.451. The van der Waals surface area contributed by atoms with Crippen LogP contribution < -0.4 is 21.5 Å². The average Bonchev–Trinajstić information content (AvgIpc) is 3.16. The fourth-order valence-corrected chi connectivity index (χ4v) is 2.90. The molecule has 0 spiro atoms. The van der Waals surface area contributed by atoms with Gasteiger partial charge in [0, 0.05) is 19.5 Å². The van der Waals surface area contributed by atoms with Gasteiger partial charge >= 0.3 is 0 Å². The minimum absolute atomic E-state index is 0.386. The van der Waals surface area contributed by atoms with E-state index in [4.69, 9.17) is 4.42 Å². The van der Waals surface area contributed by atoms with E-state index in [2.05, 4.69) is 48.7 Å². The van der Waals surface area contributed by atoms with E-state index in [0.29, 0.717) is 36.8 Å². The van der Waals surface area contributed by atoms with Crippen LogP contribution in [0.1, 0.15) is 36.7 Å². The molecule has 3 aromatic rings. The van der Waals surface area contributed by atoms with Gasteiger partial charge in [0.2, 0.25) is 0 Å². The zero-order valence-electron chi connectivity index (χ0n) is 15.2. The van der Waals surface area contributed by atoms with Crippen molar-refractivity contribution in [2.45, 2.75) is 32.6 Å². The molecule has 5 heteroatoms. The third-order valence-electron chi connectivity index (χ3n) is 4.53. The Bertz CT molecular complexity index is 902. The Morgan fingerprint density at radius 3 is 2.04 bits per heavy atom. The highest BCUT2D eigenvalue weighted by atomic mass is 16.3. The lowest BCUT2D eigenvalue weighted by Gasteiger charge is -2.14. The maximum atomic E-state index is 11.8. The summed E-state index contributed by atoms with van der Waals surface area (Å²) < 4.78 is 5.26. The van der Waals surface area contributed by atoms with Gasteiger partial charge in [0.05, 0.1) is 6.26 Å². The van der Waals surface area contributed by atoms with Crippen LogP contribution in [0, 0.1) is 0 Å². The molecule has 0 unspecified atom stereocenters. The molecule has 0 saturated heterocycles. The molecule has 0 amide bonds. The van der Waals surface area contributed by atoms with E-state index in [1.54, 1.807) is 6.26 Å². The molecule has 0 aliphatic rings. The molecule has 5 nitrogen and oxygen atoms in total. The number of anilines is 2. The number of furan rings is 1. The molecule has 0 fully saturated rings. The molecule has 0 radical (unpaired) electrons. The first-order valence-electron chi connectivity index (χ1n) is 8.98. The Kier molecular flexibility index (Phi) is 5.56. The molecule has 0 bridgehead atoms. The fraction of sp³-hybridized carbons (Fsp3) is 0.333. The summed E-state index contributed by atoms with van der Waals surface area (Å²) >= 11 is 0. The van der Waals surface area contributed by atoms with Crippen molar-refractivity contribution in [1.82, 2.24) is 0 Å². The van der Waals surface area contributed by atoms with Crippen molar-refractivity contribution < 1.29 is 4.42 Å². The van der Waals surface area contributed by atoms with Crippen molar-refractivity contribution in [3.8, 4) is 0 Å². The van der Waals surface area contributed by atoms with E-state index in [1.807, 2.05) is 12.1 Å². The van der Waals surface area contributed by atoms with Crippen LogP contribution in [0.4, 0.5) is 11.4 Å². The molecule has 136 valence electrons. The Morgan fingerprint density at radius 2 is 1.50 bits per heavy atom. The van der Waals surface area contributed by atoms with Crippen molar-refractivity contribution in [3.63, 3.8) is 0 Å². The zero-order chi connectivity index (χ0) is 18.5. The van der Waals surface area contributed by atoms with Crippen molar-refractivity contribution >= 4 is 11.4 Å². The van der Waals surface area contributed by atoms with Crippen LogP contribution in [0.3, 0.4) is 0 Å². The quantitative estimate of drug-likeness (QED) is 0.578. The van der Waals surface area contributed by atoms with Crippen LogP contribution in [-0.4, -0.2) is 13.1 Å². The van der Waals surface area contributed by atoms with Crippen LogP contribution in [0.25, 0.3) is 0 Å². The largest absolute Gasteiger partial charge is 0.469 e. The summed E-state index contributed by atoms with van der Waals surface area (Å²) in [6.07, 6.45) is 3.07. The van der Waals surface area contributed by atoms with Gasteiger partial charge in [-0.05, 0) is 35.6 Å². The first-order valence-corrected chi connectivity index (χ1v) is 8.98. The van der Waals surface area contributed by atoms with Crippen LogP contribution >= 0.6 is 0 Å². The lowest BCUT2D eigenvalue weighted by atomic mass is 10.0. The van der Waals surface area contributed by atoms with Crippen LogP contribution in [0.15, 0.2) is 56.7 Å². The van der Waals surface area contributed by atoms with Crippen molar-refractivity contribution in [2.24, 2.45) is 0 Å². The Labute approximate surface area is 152 Å². The molecule has 0 saturated carbocycles. The van der Waals surface area contributed by atoms with Crippen molar-refractivity contribution in [3.05, 3.63) is 80.0 Å². The van der Waals surface area contributed by atoms with Gasteiger partial charge in [0.25, 0.3) is 10.9 Å². The highest BCUT2D eigenvalue weighted by Crippen LogP contribution is 2.17. The van der Waals surface area contributed by atoms with E-state index in [0.717, 1.165) is 12.2 Å². The van der Waals surface area contributed by atoms with Gasteiger partial charge in [0.1, 0.15) is 17.1 Å². The summed E-state index contributed by atoms with van der Waals surface area (Å²) in [5, 5.41) is 6.15. The molecule has 0 aliphatic heterocycles. The predicted octanol–water partition coefficient (Wildman–Crippen LogP) is 3.31. The summed E-state index contributed by atoms with van der Waals surface area (Å²) in [6, 6.07) is 12.2. The fourth-order valence-electron chi connectivity index (χ4n) is 2.90. The second kappa shape index (κ2) is 8.04. The van der Waals surface area contributed by atoms with Gasteiger partial charge in [0.15, 0.2) is 0 Å². The number of rotatable bonds is 9. The molecular weight excluding hydrogens is 328 g/mol. The molecule has 2 N–H and O–H groups in total. The van der Waals surface area contributed by atoms with Crippen LogP contribution in [0.5, 0.6) is 0 Å². The summed E-state index contributed by atoms with van der Waals surface area (Å²) in [4.78, 5) is 23.6. The average molecular weight is 352 g/mol. The van der Waals surface area contributed by atoms with Crippen molar-refractivity contribution in [1.29, 1.82) is 0 Å². The molecule has 2 aromatic carbocycles. The first-order chi connectivity index (χ1) is 12.6. The van der Waals surface area contributed by atoms with Gasteiger partial charge in [-0.3, -0.25) is 9.59 Å². The minimum Gasteiger partial charge on any atom is -0.469 e. The first kappa shape index (κ1) is 18.0. The Hall–Kier alpha value is -2.82. The summed E-state index contributed by atoms with van der Waals surface area (Å²) in [5.41, 5.74) is 2.40. The van der Waals surface area contributed by atoms with E-state index >= 15 is 0 Å². The second-order valence-electron chi connectivity index (χ2n) is 6.74. The van der Waals surface area contributed by atoms with Gasteiger partial charge in [-0.2, -0.15) is 0 Å². The third-order valence-corrected chi connectivity index (χ3v) is 4.53. The highest BCUT2D eigenvalue weighted by molar-refractivity contribution is 5.73. The lowest BCUT2D eigenvalue weighted by Crippen LogP contribution is -2.38. The van der Waals surface area contributed by atoms with Crippen LogP contribution in [0.2, 0.25) is 0 Å². The number of nitrogens with one attached hydrogen (secondary N) is 2. The smallest absolute Gasteiger partial charge is 0.253 e. The molecule has 1 heterocycles. The number of hydrogen-bond acceptors (Lipinski definition) is 5.